The van der Waals surface area contributed by atoms with Crippen molar-refractivity contribution in [1.29, 1.82) is 0 Å². The second kappa shape index (κ2) is 4.56. The molecule has 1 saturated carbocycles. The van der Waals surface area contributed by atoms with E-state index in [0.29, 0.717) is 5.92 Å². The van der Waals surface area contributed by atoms with Crippen LogP contribution in [0.25, 0.3) is 0 Å². The van der Waals surface area contributed by atoms with Gasteiger partial charge in [-0.05, 0) is 31.6 Å². The molecule has 2 atom stereocenters. The first kappa shape index (κ1) is 12.8. The van der Waals surface area contributed by atoms with Gasteiger partial charge in [-0.1, -0.05) is 30.3 Å². The van der Waals surface area contributed by atoms with Crippen LogP contribution in [0.5, 0.6) is 0 Å². The van der Waals surface area contributed by atoms with Gasteiger partial charge in [0, 0.05) is 19.4 Å². The third-order valence-corrected chi connectivity index (χ3v) is 4.10. The molecule has 0 aromatic heterocycles. The molecule has 1 aliphatic rings. The van der Waals surface area contributed by atoms with E-state index in [-0.39, 0.29) is 5.79 Å². The molecule has 2 nitrogen and oxygen atoms in total. The summed E-state index contributed by atoms with van der Waals surface area (Å²) in [5.74, 6) is 0.224. The molecule has 17 heavy (non-hydrogen) atoms. The van der Waals surface area contributed by atoms with Gasteiger partial charge in [0.2, 0.25) is 0 Å². The van der Waals surface area contributed by atoms with E-state index in [2.05, 4.69) is 50.0 Å². The van der Waals surface area contributed by atoms with Crippen molar-refractivity contribution in [2.75, 3.05) is 7.11 Å². The molecular weight excluding hydrogens is 228 g/mol. The lowest BCUT2D eigenvalue weighted by Crippen LogP contribution is -2.36. The van der Waals surface area contributed by atoms with Gasteiger partial charge < -0.3 is 9.16 Å². The van der Waals surface area contributed by atoms with E-state index in [1.54, 1.807) is 7.11 Å². The smallest absolute Gasteiger partial charge is 0.187 e. The van der Waals surface area contributed by atoms with E-state index in [1.807, 2.05) is 0 Å². The summed E-state index contributed by atoms with van der Waals surface area (Å²) in [6.07, 6.45) is 2.09. The van der Waals surface area contributed by atoms with Crippen molar-refractivity contribution in [3.05, 3.63) is 35.9 Å². The second-order valence-electron chi connectivity index (χ2n) is 5.82. The van der Waals surface area contributed by atoms with Gasteiger partial charge >= 0.3 is 0 Å². The number of rotatable bonds is 5. The van der Waals surface area contributed by atoms with Crippen LogP contribution in [-0.4, -0.2) is 21.2 Å². The number of hydrogen-bond acceptors (Lipinski definition) is 2. The van der Waals surface area contributed by atoms with Crippen LogP contribution in [0.2, 0.25) is 19.6 Å². The summed E-state index contributed by atoms with van der Waals surface area (Å²) in [5.41, 5.74) is 1.37. The van der Waals surface area contributed by atoms with Crippen LogP contribution in [0.1, 0.15) is 12.0 Å². The lowest BCUT2D eigenvalue weighted by Gasteiger charge is -2.26. The van der Waals surface area contributed by atoms with Gasteiger partial charge in [-0.25, -0.2) is 0 Å². The van der Waals surface area contributed by atoms with E-state index in [4.69, 9.17) is 9.16 Å². The van der Waals surface area contributed by atoms with Crippen LogP contribution in [0.4, 0.5) is 0 Å². The lowest BCUT2D eigenvalue weighted by molar-refractivity contribution is -0.0983. The third kappa shape index (κ3) is 3.18. The highest BCUT2D eigenvalue weighted by Crippen LogP contribution is 2.50. The Kier molecular flexibility index (Phi) is 3.43. The molecule has 0 N–H and O–H groups in total. The minimum Gasteiger partial charge on any atom is -0.391 e. The minimum atomic E-state index is -1.54. The maximum atomic E-state index is 6.19. The molecule has 0 saturated heterocycles. The van der Waals surface area contributed by atoms with Crippen molar-refractivity contribution >= 4 is 8.32 Å². The number of methoxy groups -OCH3 is 1. The molecule has 1 aromatic rings. The fourth-order valence-corrected chi connectivity index (χ4v) is 3.72. The Hall–Kier alpha value is -0.643. The third-order valence-electron chi connectivity index (χ3n) is 3.14. The first-order valence-corrected chi connectivity index (χ1v) is 9.65. The Bertz CT molecular complexity index is 372. The van der Waals surface area contributed by atoms with Crippen LogP contribution in [0.3, 0.4) is 0 Å². The Labute approximate surface area is 105 Å². The molecule has 0 heterocycles. The second-order valence-corrected chi connectivity index (χ2v) is 10.3. The molecule has 0 aliphatic heterocycles. The zero-order valence-electron chi connectivity index (χ0n) is 11.2. The summed E-state index contributed by atoms with van der Waals surface area (Å²) in [7, 11) is 0.234. The average Bonchev–Trinajstić information content (AvgIpc) is 2.90. The van der Waals surface area contributed by atoms with Gasteiger partial charge in [0.05, 0.1) is 0 Å². The lowest BCUT2D eigenvalue weighted by atomic mass is 10.1. The summed E-state index contributed by atoms with van der Waals surface area (Å²) < 4.78 is 11.8. The van der Waals surface area contributed by atoms with Crippen LogP contribution in [0, 0.1) is 5.92 Å². The van der Waals surface area contributed by atoms with Gasteiger partial charge in [-0.2, -0.15) is 0 Å². The molecule has 2 rings (SSSR count). The molecule has 1 aromatic carbocycles. The van der Waals surface area contributed by atoms with Crippen molar-refractivity contribution in [2.24, 2.45) is 5.92 Å². The molecule has 0 bridgehead atoms. The highest BCUT2D eigenvalue weighted by atomic mass is 28.4. The summed E-state index contributed by atoms with van der Waals surface area (Å²) in [4.78, 5) is 0. The van der Waals surface area contributed by atoms with E-state index < -0.39 is 8.32 Å². The van der Waals surface area contributed by atoms with Crippen molar-refractivity contribution in [3.63, 3.8) is 0 Å². The first-order chi connectivity index (χ1) is 7.95. The Morgan fingerprint density at radius 1 is 1.24 bits per heavy atom. The Morgan fingerprint density at radius 2 is 1.88 bits per heavy atom. The first-order valence-electron chi connectivity index (χ1n) is 6.24. The summed E-state index contributed by atoms with van der Waals surface area (Å²) in [5, 5.41) is 0. The molecule has 0 spiro atoms. The normalized spacial score (nSPS) is 28.1. The predicted molar refractivity (Wildman–Crippen MR) is 72.4 cm³/mol. The topological polar surface area (TPSA) is 18.5 Å². The van der Waals surface area contributed by atoms with Gasteiger partial charge in [0.25, 0.3) is 0 Å². The Balaban J connectivity index is 1.97. The maximum absolute atomic E-state index is 6.19. The SMILES string of the molecule is COC1(O[Si](C)(C)C)C[C@@H]1Cc1ccccc1. The van der Waals surface area contributed by atoms with Gasteiger partial charge in [-0.15, -0.1) is 0 Å². The van der Waals surface area contributed by atoms with Crippen LogP contribution in [-0.2, 0) is 15.6 Å². The average molecular weight is 250 g/mol. The maximum Gasteiger partial charge on any atom is 0.187 e. The minimum absolute atomic E-state index is 0.291. The molecule has 1 fully saturated rings. The quantitative estimate of drug-likeness (QED) is 0.589. The van der Waals surface area contributed by atoms with Gasteiger partial charge in [-0.3, -0.25) is 0 Å². The molecule has 0 radical (unpaired) electrons. The van der Waals surface area contributed by atoms with E-state index in [0.717, 1.165) is 12.8 Å². The fraction of sp³-hybridized carbons (Fsp3) is 0.571. The molecular formula is C14H22O2Si. The predicted octanol–water partition coefficient (Wildman–Crippen LogP) is 3.44. The van der Waals surface area contributed by atoms with Crippen molar-refractivity contribution in [1.82, 2.24) is 0 Å². The molecule has 3 heteroatoms. The monoisotopic (exact) mass is 250 g/mol. The van der Waals surface area contributed by atoms with E-state index >= 15 is 0 Å². The van der Waals surface area contributed by atoms with Gasteiger partial charge in [0.1, 0.15) is 0 Å². The van der Waals surface area contributed by atoms with Crippen LogP contribution < -0.4 is 0 Å². The molecule has 0 amide bonds. The summed E-state index contributed by atoms with van der Waals surface area (Å²) >= 11 is 0. The zero-order valence-corrected chi connectivity index (χ0v) is 12.2. The highest BCUT2D eigenvalue weighted by Gasteiger charge is 2.57. The van der Waals surface area contributed by atoms with Crippen molar-refractivity contribution < 1.29 is 9.16 Å². The molecule has 1 aliphatic carbocycles. The summed E-state index contributed by atoms with van der Waals surface area (Å²) in [6.45, 7) is 6.64. The number of ether oxygens (including phenoxy) is 1. The van der Waals surface area contributed by atoms with Crippen molar-refractivity contribution in [2.45, 2.75) is 38.3 Å². The Morgan fingerprint density at radius 3 is 2.41 bits per heavy atom. The number of benzene rings is 1. The van der Waals surface area contributed by atoms with E-state index in [9.17, 15) is 0 Å². The van der Waals surface area contributed by atoms with E-state index in [1.165, 1.54) is 5.56 Å². The van der Waals surface area contributed by atoms with Crippen LogP contribution in [0.15, 0.2) is 30.3 Å². The zero-order chi connectivity index (χ0) is 12.5. The standard InChI is InChI=1S/C14H22O2Si/c1-15-14(16-17(2,3)4)11-13(14)10-12-8-6-5-7-9-12/h5-9,13H,10-11H2,1-4H3/t13-,14?/m0/s1. The highest BCUT2D eigenvalue weighted by molar-refractivity contribution is 6.69. The van der Waals surface area contributed by atoms with Crippen LogP contribution >= 0.6 is 0 Å². The molecule has 1 unspecified atom stereocenters. The number of hydrogen-bond donors (Lipinski definition) is 0. The largest absolute Gasteiger partial charge is 0.391 e. The summed E-state index contributed by atoms with van der Waals surface area (Å²) in [6, 6.07) is 10.6. The molecule has 94 valence electrons. The van der Waals surface area contributed by atoms with Gasteiger partial charge in [0.15, 0.2) is 14.1 Å². The van der Waals surface area contributed by atoms with Crippen molar-refractivity contribution in [3.8, 4) is 0 Å². The fourth-order valence-electron chi connectivity index (χ4n) is 2.35.